The zero-order valence-corrected chi connectivity index (χ0v) is 12.5. The van der Waals surface area contributed by atoms with Gasteiger partial charge in [-0.05, 0) is 25.1 Å². The maximum atomic E-state index is 12.5. The number of ether oxygens (including phenoxy) is 1. The number of rotatable bonds is 3. The number of nitrogens with zero attached hydrogens (tertiary/aromatic N) is 1. The maximum absolute atomic E-state index is 12.5. The first kappa shape index (κ1) is 17.0. The second-order valence-electron chi connectivity index (χ2n) is 4.55. The van der Waals surface area contributed by atoms with Gasteiger partial charge >= 0.3 is 12.5 Å². The molecule has 0 heterocycles. The fraction of sp³-hybridized carbons (Fsp3) is 0.133. The molecule has 0 aliphatic rings. The largest absolute Gasteiger partial charge is 0.573 e. The molecule has 0 fully saturated rings. The van der Waals surface area contributed by atoms with E-state index in [9.17, 15) is 23.1 Å². The second kappa shape index (κ2) is 6.37. The van der Waals surface area contributed by atoms with E-state index in [-0.39, 0.29) is 22.0 Å². The summed E-state index contributed by atoms with van der Waals surface area (Å²) < 4.78 is 41.3. The molecule has 0 radical (unpaired) electrons. The third-order valence-electron chi connectivity index (χ3n) is 2.97. The molecule has 0 aliphatic heterocycles. The average molecular weight is 346 g/mol. The van der Waals surface area contributed by atoms with Crippen LogP contribution in [0, 0.1) is 6.92 Å². The van der Waals surface area contributed by atoms with Gasteiger partial charge in [0.15, 0.2) is 0 Å². The van der Waals surface area contributed by atoms with Gasteiger partial charge in [0.25, 0.3) is 0 Å². The van der Waals surface area contributed by atoms with Gasteiger partial charge in [0.1, 0.15) is 5.75 Å². The predicted octanol–water partition coefficient (Wildman–Crippen LogP) is 5.36. The van der Waals surface area contributed by atoms with Gasteiger partial charge in [0.2, 0.25) is 0 Å². The minimum Gasteiger partial charge on any atom is -0.464 e. The monoisotopic (exact) mass is 345 g/mol. The van der Waals surface area contributed by atoms with Crippen LogP contribution < -0.4 is 9.64 Å². The van der Waals surface area contributed by atoms with Crippen LogP contribution in [0.2, 0.25) is 5.02 Å². The van der Waals surface area contributed by atoms with Crippen molar-refractivity contribution in [2.75, 3.05) is 4.90 Å². The lowest BCUT2D eigenvalue weighted by Crippen LogP contribution is -2.24. The molecule has 122 valence electrons. The van der Waals surface area contributed by atoms with Crippen molar-refractivity contribution in [1.82, 2.24) is 0 Å². The summed E-state index contributed by atoms with van der Waals surface area (Å²) in [6.45, 7) is 1.35. The molecule has 0 saturated carbocycles. The van der Waals surface area contributed by atoms with Crippen LogP contribution in [-0.2, 0) is 0 Å². The number of halogens is 4. The van der Waals surface area contributed by atoms with Crippen LogP contribution >= 0.6 is 11.6 Å². The molecule has 0 spiro atoms. The third kappa shape index (κ3) is 4.07. The topological polar surface area (TPSA) is 49.8 Å². The Hall–Kier alpha value is -2.41. The average Bonchev–Trinajstić information content (AvgIpc) is 2.43. The number of carboxylic acid groups (broad SMARTS) is 1. The number of hydrogen-bond acceptors (Lipinski definition) is 2. The van der Waals surface area contributed by atoms with Gasteiger partial charge in [-0.2, -0.15) is 0 Å². The normalized spacial score (nSPS) is 11.2. The molecule has 4 nitrogen and oxygen atoms in total. The summed E-state index contributed by atoms with van der Waals surface area (Å²) in [5.41, 5.74) is 0.266. The van der Waals surface area contributed by atoms with Crippen molar-refractivity contribution in [2.45, 2.75) is 13.3 Å². The second-order valence-corrected chi connectivity index (χ2v) is 4.96. The van der Waals surface area contributed by atoms with E-state index in [4.69, 9.17) is 11.6 Å². The van der Waals surface area contributed by atoms with E-state index in [1.807, 2.05) is 0 Å². The minimum atomic E-state index is -4.91. The Morgan fingerprint density at radius 2 is 1.78 bits per heavy atom. The Labute approximate surface area is 134 Å². The van der Waals surface area contributed by atoms with Crippen molar-refractivity contribution in [2.24, 2.45) is 0 Å². The van der Waals surface area contributed by atoms with E-state index < -0.39 is 18.2 Å². The molecular formula is C15H11ClF3NO3. The zero-order valence-electron chi connectivity index (χ0n) is 11.8. The molecule has 1 N–H and O–H groups in total. The van der Waals surface area contributed by atoms with Crippen molar-refractivity contribution < 1.29 is 27.8 Å². The summed E-state index contributed by atoms with van der Waals surface area (Å²) in [6, 6.07) is 10.2. The van der Waals surface area contributed by atoms with Crippen LogP contribution in [0.15, 0.2) is 42.5 Å². The summed E-state index contributed by atoms with van der Waals surface area (Å²) >= 11 is 5.92. The van der Waals surface area contributed by atoms with Gasteiger partial charge < -0.3 is 9.84 Å². The Balaban J connectivity index is 2.55. The van der Waals surface area contributed by atoms with Gasteiger partial charge in [-0.3, -0.25) is 0 Å². The number of benzene rings is 2. The van der Waals surface area contributed by atoms with E-state index in [2.05, 4.69) is 4.74 Å². The van der Waals surface area contributed by atoms with Gasteiger partial charge in [-0.1, -0.05) is 29.8 Å². The highest BCUT2D eigenvalue weighted by Crippen LogP contribution is 2.37. The number of alkyl halides is 3. The number of para-hydroxylation sites is 1. The predicted molar refractivity (Wildman–Crippen MR) is 79.5 cm³/mol. The van der Waals surface area contributed by atoms with Gasteiger partial charge in [0, 0.05) is 16.7 Å². The number of carbonyl (C=O) groups is 1. The number of amides is 1. The summed E-state index contributed by atoms with van der Waals surface area (Å²) in [5.74, 6) is -0.554. The van der Waals surface area contributed by atoms with Crippen LogP contribution in [0.4, 0.5) is 29.3 Å². The first-order chi connectivity index (χ1) is 10.7. The standard InChI is InChI=1S/C15H11ClF3NO3/c1-9-12(16)7-11(8-13(9)23-15(17,18)19)20(14(21)22)10-5-3-2-4-6-10/h2-8H,1H3,(H,21,22). The Morgan fingerprint density at radius 3 is 2.30 bits per heavy atom. The summed E-state index contributed by atoms with van der Waals surface area (Å²) in [4.78, 5) is 12.3. The van der Waals surface area contributed by atoms with Crippen LogP contribution in [0.3, 0.4) is 0 Å². The Kier molecular flexibility index (Phi) is 4.70. The van der Waals surface area contributed by atoms with Crippen LogP contribution in [-0.4, -0.2) is 17.6 Å². The van der Waals surface area contributed by atoms with Crippen molar-refractivity contribution in [3.05, 3.63) is 53.1 Å². The summed E-state index contributed by atoms with van der Waals surface area (Å²) in [7, 11) is 0. The van der Waals surface area contributed by atoms with Crippen molar-refractivity contribution in [3.63, 3.8) is 0 Å². The lowest BCUT2D eigenvalue weighted by Gasteiger charge is -2.22. The molecule has 0 aromatic heterocycles. The molecule has 8 heteroatoms. The summed E-state index contributed by atoms with van der Waals surface area (Å²) in [5, 5.41) is 9.35. The van der Waals surface area contributed by atoms with Crippen molar-refractivity contribution >= 4 is 29.1 Å². The van der Waals surface area contributed by atoms with Gasteiger partial charge in [0.05, 0.1) is 11.4 Å². The minimum absolute atomic E-state index is 0.0380. The number of hydrogen-bond donors (Lipinski definition) is 1. The SMILES string of the molecule is Cc1c(Cl)cc(N(C(=O)O)c2ccccc2)cc1OC(F)(F)F. The number of anilines is 2. The molecule has 0 saturated heterocycles. The lowest BCUT2D eigenvalue weighted by atomic mass is 10.1. The van der Waals surface area contributed by atoms with E-state index in [1.165, 1.54) is 25.1 Å². The van der Waals surface area contributed by atoms with Crippen molar-refractivity contribution in [1.29, 1.82) is 0 Å². The fourth-order valence-electron chi connectivity index (χ4n) is 1.95. The van der Waals surface area contributed by atoms with Crippen LogP contribution in [0.25, 0.3) is 0 Å². The van der Waals surface area contributed by atoms with E-state index in [1.54, 1.807) is 18.2 Å². The fourth-order valence-corrected chi connectivity index (χ4v) is 2.15. The molecular weight excluding hydrogens is 335 g/mol. The Bertz CT molecular complexity index is 720. The smallest absolute Gasteiger partial charge is 0.464 e. The molecule has 0 atom stereocenters. The first-order valence-corrected chi connectivity index (χ1v) is 6.71. The highest BCUT2D eigenvalue weighted by Gasteiger charge is 2.32. The van der Waals surface area contributed by atoms with Gasteiger partial charge in [-0.15, -0.1) is 13.2 Å². The Morgan fingerprint density at radius 1 is 1.17 bits per heavy atom. The quantitative estimate of drug-likeness (QED) is 0.814. The van der Waals surface area contributed by atoms with Crippen LogP contribution in [0.5, 0.6) is 5.75 Å². The third-order valence-corrected chi connectivity index (χ3v) is 3.36. The summed E-state index contributed by atoms with van der Waals surface area (Å²) in [6.07, 6.45) is -6.28. The van der Waals surface area contributed by atoms with E-state index >= 15 is 0 Å². The highest BCUT2D eigenvalue weighted by atomic mass is 35.5. The van der Waals surface area contributed by atoms with Crippen LogP contribution in [0.1, 0.15) is 5.56 Å². The zero-order chi connectivity index (χ0) is 17.2. The molecule has 0 aliphatic carbocycles. The first-order valence-electron chi connectivity index (χ1n) is 6.33. The molecule has 23 heavy (non-hydrogen) atoms. The van der Waals surface area contributed by atoms with Gasteiger partial charge in [-0.25, -0.2) is 9.69 Å². The molecule has 1 amide bonds. The highest BCUT2D eigenvalue weighted by molar-refractivity contribution is 6.32. The van der Waals surface area contributed by atoms with Crippen molar-refractivity contribution in [3.8, 4) is 5.75 Å². The lowest BCUT2D eigenvalue weighted by molar-refractivity contribution is -0.274. The molecule has 0 bridgehead atoms. The molecule has 2 rings (SSSR count). The maximum Gasteiger partial charge on any atom is 0.573 e. The molecule has 0 unspecified atom stereocenters. The molecule has 2 aromatic carbocycles. The van der Waals surface area contributed by atoms with E-state index in [0.717, 1.165) is 11.0 Å². The van der Waals surface area contributed by atoms with E-state index in [0.29, 0.717) is 0 Å². The molecule has 2 aromatic rings.